The molecule has 1 amide bonds. The molecule has 1 N–H and O–H groups in total. The van der Waals surface area contributed by atoms with Crippen molar-refractivity contribution in [2.75, 3.05) is 26.1 Å². The van der Waals surface area contributed by atoms with Crippen LogP contribution in [0.2, 0.25) is 0 Å². The topological polar surface area (TPSA) is 56.8 Å². The van der Waals surface area contributed by atoms with Gasteiger partial charge in [0, 0.05) is 12.7 Å². The van der Waals surface area contributed by atoms with E-state index in [2.05, 4.69) is 5.32 Å². The molecule has 0 aliphatic carbocycles. The lowest BCUT2D eigenvalue weighted by Gasteiger charge is -2.16. The highest BCUT2D eigenvalue weighted by molar-refractivity contribution is 5.95. The minimum absolute atomic E-state index is 0.200. The van der Waals surface area contributed by atoms with E-state index < -0.39 is 6.10 Å². The van der Waals surface area contributed by atoms with Crippen molar-refractivity contribution >= 4 is 11.6 Å². The van der Waals surface area contributed by atoms with Crippen LogP contribution in [-0.4, -0.2) is 32.8 Å². The number of benzene rings is 1. The van der Waals surface area contributed by atoms with Crippen LogP contribution in [-0.2, 0) is 9.53 Å². The Morgan fingerprint density at radius 3 is 2.45 bits per heavy atom. The first-order valence-corrected chi connectivity index (χ1v) is 6.62. The molecule has 0 aliphatic rings. The molecular weight excluding hydrogens is 258 g/mol. The summed E-state index contributed by atoms with van der Waals surface area (Å²) >= 11 is 0. The third-order valence-corrected chi connectivity index (χ3v) is 2.72. The highest BCUT2D eigenvalue weighted by Gasteiger charge is 2.16. The summed E-state index contributed by atoms with van der Waals surface area (Å²) in [5.41, 5.74) is 0.596. The minimum atomic E-state index is -0.510. The average molecular weight is 281 g/mol. The van der Waals surface area contributed by atoms with E-state index in [-0.39, 0.29) is 5.91 Å². The number of amides is 1. The molecule has 1 aromatic carbocycles. The largest absolute Gasteiger partial charge is 0.497 e. The Hall–Kier alpha value is -1.75. The molecule has 20 heavy (non-hydrogen) atoms. The summed E-state index contributed by atoms with van der Waals surface area (Å²) in [6.45, 7) is 6.36. The molecule has 0 saturated carbocycles. The summed E-state index contributed by atoms with van der Waals surface area (Å²) in [4.78, 5) is 12.0. The zero-order valence-corrected chi connectivity index (χ0v) is 12.7. The van der Waals surface area contributed by atoms with Gasteiger partial charge in [0.2, 0.25) is 0 Å². The number of methoxy groups -OCH3 is 2. The first-order chi connectivity index (χ1) is 9.47. The van der Waals surface area contributed by atoms with Crippen LogP contribution < -0.4 is 14.8 Å². The molecule has 5 nitrogen and oxygen atoms in total. The predicted octanol–water partition coefficient (Wildman–Crippen LogP) is 2.70. The summed E-state index contributed by atoms with van der Waals surface area (Å²) in [6, 6.07) is 5.22. The number of hydrogen-bond acceptors (Lipinski definition) is 4. The van der Waals surface area contributed by atoms with E-state index in [1.165, 1.54) is 0 Å². The number of anilines is 1. The van der Waals surface area contributed by atoms with Gasteiger partial charge in [0.25, 0.3) is 5.91 Å². The molecule has 0 saturated heterocycles. The van der Waals surface area contributed by atoms with E-state index >= 15 is 0 Å². The van der Waals surface area contributed by atoms with Crippen molar-refractivity contribution in [2.24, 2.45) is 5.92 Å². The second-order valence-electron chi connectivity index (χ2n) is 4.92. The van der Waals surface area contributed by atoms with E-state index in [4.69, 9.17) is 14.2 Å². The molecule has 0 fully saturated rings. The van der Waals surface area contributed by atoms with Gasteiger partial charge in [0.15, 0.2) is 0 Å². The van der Waals surface area contributed by atoms with E-state index in [0.29, 0.717) is 29.7 Å². The molecule has 0 heterocycles. The quantitative estimate of drug-likeness (QED) is 0.835. The predicted molar refractivity (Wildman–Crippen MR) is 78.4 cm³/mol. The van der Waals surface area contributed by atoms with Gasteiger partial charge in [-0.2, -0.15) is 0 Å². The van der Waals surface area contributed by atoms with Gasteiger partial charge in [0.1, 0.15) is 17.6 Å². The Bertz CT molecular complexity index is 445. The molecule has 0 aromatic heterocycles. The Morgan fingerprint density at radius 2 is 1.90 bits per heavy atom. The van der Waals surface area contributed by atoms with Crippen LogP contribution >= 0.6 is 0 Å². The van der Waals surface area contributed by atoms with Crippen molar-refractivity contribution in [3.8, 4) is 11.5 Å². The van der Waals surface area contributed by atoms with Crippen LogP contribution in [0.1, 0.15) is 20.8 Å². The molecular formula is C15H23NO4. The molecule has 1 aromatic rings. The Balaban J connectivity index is 2.69. The van der Waals surface area contributed by atoms with Crippen LogP contribution in [0.4, 0.5) is 5.69 Å². The maximum atomic E-state index is 12.0. The third kappa shape index (κ3) is 4.74. The van der Waals surface area contributed by atoms with Gasteiger partial charge in [0.05, 0.1) is 19.9 Å². The fraction of sp³-hybridized carbons (Fsp3) is 0.533. The lowest BCUT2D eigenvalue weighted by Crippen LogP contribution is -2.29. The Morgan fingerprint density at radius 1 is 1.20 bits per heavy atom. The van der Waals surface area contributed by atoms with E-state index in [1.807, 2.05) is 13.8 Å². The van der Waals surface area contributed by atoms with Gasteiger partial charge in [-0.15, -0.1) is 0 Å². The van der Waals surface area contributed by atoms with Gasteiger partial charge in [-0.3, -0.25) is 4.79 Å². The van der Waals surface area contributed by atoms with E-state index in [0.717, 1.165) is 0 Å². The number of rotatable bonds is 7. The normalized spacial score (nSPS) is 12.1. The number of nitrogens with one attached hydrogen (secondary N) is 1. The van der Waals surface area contributed by atoms with Crippen molar-refractivity contribution < 1.29 is 19.0 Å². The second kappa shape index (κ2) is 7.75. The van der Waals surface area contributed by atoms with Gasteiger partial charge < -0.3 is 19.5 Å². The highest BCUT2D eigenvalue weighted by atomic mass is 16.5. The highest BCUT2D eigenvalue weighted by Crippen LogP contribution is 2.29. The lowest BCUT2D eigenvalue weighted by molar-refractivity contribution is -0.126. The van der Waals surface area contributed by atoms with Crippen LogP contribution in [0.3, 0.4) is 0 Å². The molecule has 112 valence electrons. The average Bonchev–Trinajstić information content (AvgIpc) is 2.44. The summed E-state index contributed by atoms with van der Waals surface area (Å²) in [5.74, 6) is 1.41. The van der Waals surface area contributed by atoms with Crippen molar-refractivity contribution in [3.05, 3.63) is 18.2 Å². The molecule has 0 bridgehead atoms. The molecule has 0 spiro atoms. The minimum Gasteiger partial charge on any atom is -0.497 e. The fourth-order valence-electron chi connectivity index (χ4n) is 1.55. The lowest BCUT2D eigenvalue weighted by atomic mass is 10.2. The zero-order chi connectivity index (χ0) is 15.1. The first-order valence-electron chi connectivity index (χ1n) is 6.62. The number of ether oxygens (including phenoxy) is 3. The maximum Gasteiger partial charge on any atom is 0.253 e. The van der Waals surface area contributed by atoms with E-state index in [1.54, 1.807) is 39.3 Å². The number of hydrogen-bond donors (Lipinski definition) is 1. The van der Waals surface area contributed by atoms with Crippen molar-refractivity contribution in [2.45, 2.75) is 26.9 Å². The van der Waals surface area contributed by atoms with Gasteiger partial charge in [-0.05, 0) is 25.0 Å². The number of carbonyl (C=O) groups excluding carboxylic acids is 1. The molecule has 1 unspecified atom stereocenters. The zero-order valence-electron chi connectivity index (χ0n) is 12.7. The molecule has 5 heteroatoms. The smallest absolute Gasteiger partial charge is 0.253 e. The Kier molecular flexibility index (Phi) is 6.31. The van der Waals surface area contributed by atoms with Crippen LogP contribution in [0.15, 0.2) is 18.2 Å². The maximum absolute atomic E-state index is 12.0. The van der Waals surface area contributed by atoms with Crippen LogP contribution in [0, 0.1) is 5.92 Å². The molecule has 0 aliphatic heterocycles. The first kappa shape index (κ1) is 16.3. The van der Waals surface area contributed by atoms with E-state index in [9.17, 15) is 4.79 Å². The second-order valence-corrected chi connectivity index (χ2v) is 4.92. The summed E-state index contributed by atoms with van der Waals surface area (Å²) < 4.78 is 15.8. The SMILES string of the molecule is COc1ccc(NC(=O)C(C)OCC(C)C)c(OC)c1. The Labute approximate surface area is 120 Å². The van der Waals surface area contributed by atoms with Crippen LogP contribution in [0.25, 0.3) is 0 Å². The van der Waals surface area contributed by atoms with Gasteiger partial charge >= 0.3 is 0 Å². The number of carbonyl (C=O) groups is 1. The standard InChI is InChI=1S/C15H23NO4/c1-10(2)9-20-11(3)15(17)16-13-7-6-12(18-4)8-14(13)19-5/h6-8,10-11H,9H2,1-5H3,(H,16,17). The van der Waals surface area contributed by atoms with Crippen LogP contribution in [0.5, 0.6) is 11.5 Å². The van der Waals surface area contributed by atoms with Crippen molar-refractivity contribution in [1.82, 2.24) is 0 Å². The third-order valence-electron chi connectivity index (χ3n) is 2.72. The summed E-state index contributed by atoms with van der Waals surface area (Å²) in [6.07, 6.45) is -0.510. The molecule has 1 atom stereocenters. The monoisotopic (exact) mass is 281 g/mol. The van der Waals surface area contributed by atoms with Gasteiger partial charge in [-0.1, -0.05) is 13.8 Å². The van der Waals surface area contributed by atoms with Crippen molar-refractivity contribution in [3.63, 3.8) is 0 Å². The molecule has 0 radical (unpaired) electrons. The molecule has 1 rings (SSSR count). The summed E-state index contributed by atoms with van der Waals surface area (Å²) in [7, 11) is 3.12. The fourth-order valence-corrected chi connectivity index (χ4v) is 1.55. The van der Waals surface area contributed by atoms with Gasteiger partial charge in [-0.25, -0.2) is 0 Å². The summed E-state index contributed by atoms with van der Waals surface area (Å²) in [5, 5.41) is 2.79. The van der Waals surface area contributed by atoms with Crippen molar-refractivity contribution in [1.29, 1.82) is 0 Å².